The van der Waals surface area contributed by atoms with Crippen LogP contribution in [0.5, 0.6) is 0 Å². The first kappa shape index (κ1) is 17.1. The van der Waals surface area contributed by atoms with Crippen LogP contribution in [0.3, 0.4) is 0 Å². The topological polar surface area (TPSA) is 97.7 Å². The summed E-state index contributed by atoms with van der Waals surface area (Å²) in [6.07, 6.45) is 9.68. The zero-order valence-electron chi connectivity index (χ0n) is 13.4. The molecule has 3 rings (SSSR count). The van der Waals surface area contributed by atoms with Crippen LogP contribution < -0.4 is 4.72 Å². The smallest absolute Gasteiger partial charge is 0.217 e. The summed E-state index contributed by atoms with van der Waals surface area (Å²) in [5.74, 6) is -0.370. The van der Waals surface area contributed by atoms with E-state index in [9.17, 15) is 8.42 Å². The molecule has 7 nitrogen and oxygen atoms in total. The Labute approximate surface area is 146 Å². The van der Waals surface area contributed by atoms with Gasteiger partial charge in [0, 0.05) is 43.4 Å². The molecule has 0 atom stereocenters. The highest BCUT2D eigenvalue weighted by Gasteiger charge is 2.19. The average Bonchev–Trinajstić information content (AvgIpc) is 2.64. The molecule has 3 aromatic heterocycles. The molecular weight excluding hydrogens is 338 g/mol. The van der Waals surface area contributed by atoms with Crippen molar-refractivity contribution >= 4 is 10.0 Å². The van der Waals surface area contributed by atoms with Gasteiger partial charge in [-0.1, -0.05) is 12.1 Å². The zero-order chi connectivity index (χ0) is 17.5. The van der Waals surface area contributed by atoms with E-state index < -0.39 is 10.0 Å². The van der Waals surface area contributed by atoms with E-state index in [-0.39, 0.29) is 18.2 Å². The Balaban J connectivity index is 1.77. The van der Waals surface area contributed by atoms with Crippen LogP contribution in [-0.2, 0) is 15.8 Å². The van der Waals surface area contributed by atoms with E-state index in [1.54, 1.807) is 30.9 Å². The summed E-state index contributed by atoms with van der Waals surface area (Å²) in [6, 6.07) is 9.08. The summed E-state index contributed by atoms with van der Waals surface area (Å²) in [5, 5.41) is 0. The molecule has 0 saturated heterocycles. The van der Waals surface area contributed by atoms with Gasteiger partial charge in [-0.2, -0.15) is 0 Å². The van der Waals surface area contributed by atoms with Gasteiger partial charge in [0.05, 0.1) is 5.69 Å². The van der Waals surface area contributed by atoms with E-state index in [2.05, 4.69) is 24.7 Å². The van der Waals surface area contributed by atoms with Gasteiger partial charge in [-0.3, -0.25) is 9.97 Å². The van der Waals surface area contributed by atoms with Crippen molar-refractivity contribution in [2.45, 2.75) is 11.7 Å². The molecule has 0 aliphatic rings. The zero-order valence-corrected chi connectivity index (χ0v) is 14.2. The predicted molar refractivity (Wildman–Crippen MR) is 93.0 cm³/mol. The third-order valence-electron chi connectivity index (χ3n) is 3.66. The van der Waals surface area contributed by atoms with E-state index in [1.807, 2.05) is 24.3 Å². The Morgan fingerprint density at radius 1 is 0.920 bits per heavy atom. The van der Waals surface area contributed by atoms with Gasteiger partial charge < -0.3 is 0 Å². The second kappa shape index (κ2) is 7.91. The molecule has 0 bridgehead atoms. The lowest BCUT2D eigenvalue weighted by atomic mass is 9.94. The number of hydrogen-bond donors (Lipinski definition) is 1. The molecule has 0 spiro atoms. The Kier molecular flexibility index (Phi) is 5.42. The molecule has 0 radical (unpaired) electrons. The maximum atomic E-state index is 12.4. The van der Waals surface area contributed by atoms with Gasteiger partial charge in [0.2, 0.25) is 10.0 Å². The molecule has 0 aliphatic heterocycles. The summed E-state index contributed by atoms with van der Waals surface area (Å²) in [4.78, 5) is 16.0. The Morgan fingerprint density at radius 3 is 2.12 bits per heavy atom. The molecule has 0 unspecified atom stereocenters. The minimum absolute atomic E-state index is 0.178. The Morgan fingerprint density at radius 2 is 1.60 bits per heavy atom. The van der Waals surface area contributed by atoms with Gasteiger partial charge >= 0.3 is 0 Å². The first-order chi connectivity index (χ1) is 12.1. The lowest BCUT2D eigenvalue weighted by Crippen LogP contribution is -2.30. The van der Waals surface area contributed by atoms with Crippen molar-refractivity contribution in [1.29, 1.82) is 0 Å². The molecule has 0 saturated carbocycles. The van der Waals surface area contributed by atoms with E-state index >= 15 is 0 Å². The molecule has 0 fully saturated rings. The monoisotopic (exact) mass is 355 g/mol. The van der Waals surface area contributed by atoms with Crippen molar-refractivity contribution in [3.05, 3.63) is 84.5 Å². The highest BCUT2D eigenvalue weighted by molar-refractivity contribution is 7.88. The molecule has 0 aliphatic carbocycles. The minimum atomic E-state index is -3.53. The van der Waals surface area contributed by atoms with Crippen molar-refractivity contribution in [2.75, 3.05) is 6.54 Å². The van der Waals surface area contributed by atoms with E-state index in [1.165, 1.54) is 12.5 Å². The fourth-order valence-electron chi connectivity index (χ4n) is 2.45. The average molecular weight is 355 g/mol. The van der Waals surface area contributed by atoms with Gasteiger partial charge in [-0.25, -0.2) is 23.1 Å². The minimum Gasteiger partial charge on any atom is -0.264 e. The van der Waals surface area contributed by atoms with Gasteiger partial charge in [0.1, 0.15) is 12.1 Å². The van der Waals surface area contributed by atoms with Crippen LogP contribution in [-0.4, -0.2) is 34.9 Å². The lowest BCUT2D eigenvalue weighted by Gasteiger charge is -2.18. The highest BCUT2D eigenvalue weighted by Crippen LogP contribution is 2.22. The predicted octanol–water partition coefficient (Wildman–Crippen LogP) is 1.52. The summed E-state index contributed by atoms with van der Waals surface area (Å²) in [5.41, 5.74) is 2.28. The number of nitrogens with one attached hydrogen (secondary N) is 1. The molecule has 3 heterocycles. The van der Waals surface area contributed by atoms with Gasteiger partial charge in [-0.05, 0) is 29.3 Å². The van der Waals surface area contributed by atoms with Crippen LogP contribution in [0.25, 0.3) is 0 Å². The van der Waals surface area contributed by atoms with Gasteiger partial charge in [0.15, 0.2) is 0 Å². The molecule has 3 aromatic rings. The summed E-state index contributed by atoms with van der Waals surface area (Å²) in [6.45, 7) is 0.213. The van der Waals surface area contributed by atoms with Crippen LogP contribution in [0.4, 0.5) is 0 Å². The lowest BCUT2D eigenvalue weighted by molar-refractivity contribution is 0.575. The number of pyridine rings is 2. The van der Waals surface area contributed by atoms with Crippen LogP contribution in [0.2, 0.25) is 0 Å². The maximum Gasteiger partial charge on any atom is 0.217 e. The van der Waals surface area contributed by atoms with Crippen molar-refractivity contribution < 1.29 is 8.42 Å². The molecular formula is C17H17N5O2S. The van der Waals surface area contributed by atoms with E-state index in [0.717, 1.165) is 11.1 Å². The fraction of sp³-hybridized carbons (Fsp3) is 0.176. The standard InChI is InChI=1S/C17H17N5O2S/c23-25(24,12-16-5-8-20-13-21-16)22-11-17(14-3-1-6-18-9-14)15-4-2-7-19-10-15/h1-10,13,17,22H,11-12H2. The molecule has 128 valence electrons. The molecule has 1 N–H and O–H groups in total. The van der Waals surface area contributed by atoms with Crippen molar-refractivity contribution in [3.8, 4) is 0 Å². The fourth-order valence-corrected chi connectivity index (χ4v) is 3.53. The first-order valence-corrected chi connectivity index (χ1v) is 9.31. The Bertz CT molecular complexity index is 851. The van der Waals surface area contributed by atoms with Gasteiger partial charge in [-0.15, -0.1) is 0 Å². The number of nitrogens with zero attached hydrogens (tertiary/aromatic N) is 4. The van der Waals surface area contributed by atoms with Crippen molar-refractivity contribution in [3.63, 3.8) is 0 Å². The van der Waals surface area contributed by atoms with E-state index in [0.29, 0.717) is 5.69 Å². The summed E-state index contributed by atoms with van der Waals surface area (Å²) in [7, 11) is -3.53. The third kappa shape index (κ3) is 4.88. The number of hydrogen-bond acceptors (Lipinski definition) is 6. The molecule has 8 heteroatoms. The number of aromatic nitrogens is 4. The van der Waals surface area contributed by atoms with Crippen molar-refractivity contribution in [1.82, 2.24) is 24.7 Å². The quantitative estimate of drug-likeness (QED) is 0.690. The van der Waals surface area contributed by atoms with Crippen LogP contribution in [0, 0.1) is 0 Å². The molecule has 0 amide bonds. The molecule has 0 aromatic carbocycles. The highest BCUT2D eigenvalue weighted by atomic mass is 32.2. The van der Waals surface area contributed by atoms with Gasteiger partial charge in [0.25, 0.3) is 0 Å². The van der Waals surface area contributed by atoms with E-state index in [4.69, 9.17) is 0 Å². The SMILES string of the molecule is O=S(=O)(Cc1ccncn1)NCC(c1cccnc1)c1cccnc1. The summed E-state index contributed by atoms with van der Waals surface area (Å²) >= 11 is 0. The second-order valence-corrected chi connectivity index (χ2v) is 7.24. The van der Waals surface area contributed by atoms with Crippen LogP contribution >= 0.6 is 0 Å². The number of sulfonamides is 1. The molecule has 25 heavy (non-hydrogen) atoms. The third-order valence-corrected chi connectivity index (χ3v) is 4.94. The summed E-state index contributed by atoms with van der Waals surface area (Å²) < 4.78 is 27.4. The van der Waals surface area contributed by atoms with Crippen molar-refractivity contribution in [2.24, 2.45) is 0 Å². The number of rotatable bonds is 7. The maximum absolute atomic E-state index is 12.4. The van der Waals surface area contributed by atoms with Crippen LogP contribution in [0.15, 0.2) is 67.6 Å². The largest absolute Gasteiger partial charge is 0.264 e. The first-order valence-electron chi connectivity index (χ1n) is 7.66. The second-order valence-electron chi connectivity index (χ2n) is 5.43. The Hall–Kier alpha value is -2.71. The van der Waals surface area contributed by atoms with Crippen LogP contribution in [0.1, 0.15) is 22.7 Å². The normalized spacial score (nSPS) is 11.6.